The molecule has 0 amide bonds. The van der Waals surface area contributed by atoms with Gasteiger partial charge in [-0.15, -0.1) is 0 Å². The minimum Gasteiger partial charge on any atom is -0.494 e. The van der Waals surface area contributed by atoms with E-state index in [4.69, 9.17) is 9.72 Å². The first-order valence-corrected chi connectivity index (χ1v) is 10.7. The lowest BCUT2D eigenvalue weighted by Crippen LogP contribution is -2.07. The molecule has 1 heterocycles. The van der Waals surface area contributed by atoms with Crippen LogP contribution < -0.4 is 10.1 Å². The summed E-state index contributed by atoms with van der Waals surface area (Å²) in [4.78, 5) is 16.0. The second-order valence-electron chi connectivity index (χ2n) is 7.27. The molecular weight excluding hydrogens is 378 g/mol. The molecule has 0 bridgehead atoms. The summed E-state index contributed by atoms with van der Waals surface area (Å²) in [6, 6.07) is 16.3. The van der Waals surface area contributed by atoms with Crippen molar-refractivity contribution < 1.29 is 14.3 Å². The first-order valence-electron chi connectivity index (χ1n) is 10.7. The van der Waals surface area contributed by atoms with E-state index in [1.54, 1.807) is 0 Å². The van der Waals surface area contributed by atoms with Crippen LogP contribution in [0.25, 0.3) is 16.7 Å². The van der Waals surface area contributed by atoms with Crippen LogP contribution in [0, 0.1) is 0 Å². The quantitative estimate of drug-likeness (QED) is 0.323. The number of carbonyl (C=O) groups is 1. The molecule has 0 aliphatic heterocycles. The third-order valence-corrected chi connectivity index (χ3v) is 4.98. The van der Waals surface area contributed by atoms with E-state index in [-0.39, 0.29) is 5.97 Å². The monoisotopic (exact) mass is 409 g/mol. The van der Waals surface area contributed by atoms with Gasteiger partial charge in [-0.05, 0) is 49.9 Å². The van der Waals surface area contributed by atoms with Crippen LogP contribution in [0.1, 0.15) is 45.4 Å². The fourth-order valence-electron chi connectivity index (χ4n) is 3.32. The number of unbranched alkanes of at least 4 members (excludes halogenated alkanes) is 3. The maximum atomic E-state index is 11.2. The lowest BCUT2D eigenvalue weighted by Gasteiger charge is -2.11. The minimum atomic E-state index is -0.154. The normalized spacial score (nSPS) is 10.9. The van der Waals surface area contributed by atoms with E-state index >= 15 is 0 Å². The predicted molar refractivity (Wildman–Crippen MR) is 120 cm³/mol. The fourth-order valence-corrected chi connectivity index (χ4v) is 3.32. The van der Waals surface area contributed by atoms with Crippen LogP contribution in [0.4, 0.5) is 5.95 Å². The molecule has 160 valence electrons. The molecule has 0 saturated carbocycles. The number of nitrogens with one attached hydrogen (secondary N) is 1. The van der Waals surface area contributed by atoms with Crippen LogP contribution in [0.3, 0.4) is 0 Å². The largest absolute Gasteiger partial charge is 0.494 e. The molecule has 0 fully saturated rings. The van der Waals surface area contributed by atoms with Gasteiger partial charge in [-0.3, -0.25) is 9.36 Å². The van der Waals surface area contributed by atoms with E-state index in [0.29, 0.717) is 13.0 Å². The zero-order chi connectivity index (χ0) is 21.2. The number of ether oxygens (including phenoxy) is 2. The Morgan fingerprint density at radius 3 is 2.67 bits per heavy atom. The number of benzene rings is 2. The molecule has 1 N–H and O–H groups in total. The first kappa shape index (κ1) is 21.7. The van der Waals surface area contributed by atoms with E-state index in [9.17, 15) is 4.79 Å². The van der Waals surface area contributed by atoms with Gasteiger partial charge in [0.25, 0.3) is 0 Å². The summed E-state index contributed by atoms with van der Waals surface area (Å²) in [7, 11) is 1.42. The lowest BCUT2D eigenvalue weighted by atomic mass is 10.2. The second-order valence-corrected chi connectivity index (χ2v) is 7.27. The topological polar surface area (TPSA) is 65.4 Å². The van der Waals surface area contributed by atoms with E-state index in [0.717, 1.165) is 67.1 Å². The smallest absolute Gasteiger partial charge is 0.305 e. The second kappa shape index (κ2) is 11.2. The number of fused-ring (bicyclic) bond motifs is 1. The highest BCUT2D eigenvalue weighted by molar-refractivity contribution is 5.82. The number of aromatic nitrogens is 2. The van der Waals surface area contributed by atoms with Crippen LogP contribution in [0.5, 0.6) is 5.75 Å². The van der Waals surface area contributed by atoms with Gasteiger partial charge >= 0.3 is 5.97 Å². The Morgan fingerprint density at radius 1 is 1.07 bits per heavy atom. The number of rotatable bonds is 12. The highest BCUT2D eigenvalue weighted by Gasteiger charge is 2.13. The zero-order valence-electron chi connectivity index (χ0n) is 17.9. The molecule has 0 aliphatic rings. The Bertz CT molecular complexity index is 938. The van der Waals surface area contributed by atoms with Crippen LogP contribution in [-0.4, -0.2) is 35.8 Å². The third-order valence-electron chi connectivity index (χ3n) is 4.98. The molecule has 0 atom stereocenters. The van der Waals surface area contributed by atoms with E-state index in [1.807, 2.05) is 30.3 Å². The van der Waals surface area contributed by atoms with Crippen molar-refractivity contribution in [3.63, 3.8) is 0 Å². The van der Waals surface area contributed by atoms with Crippen molar-refractivity contribution in [2.24, 2.45) is 0 Å². The van der Waals surface area contributed by atoms with Gasteiger partial charge in [-0.25, -0.2) is 4.98 Å². The van der Waals surface area contributed by atoms with Crippen LogP contribution in [0.2, 0.25) is 0 Å². The molecule has 0 saturated heterocycles. The molecule has 0 aliphatic carbocycles. The molecule has 2 aromatic carbocycles. The van der Waals surface area contributed by atoms with Crippen LogP contribution in [-0.2, 0) is 9.53 Å². The molecule has 6 heteroatoms. The Kier molecular flexibility index (Phi) is 8.12. The average Bonchev–Trinajstić information content (AvgIpc) is 3.14. The van der Waals surface area contributed by atoms with Crippen molar-refractivity contribution in [1.82, 2.24) is 9.55 Å². The molecule has 1 aromatic heterocycles. The Labute approximate surface area is 178 Å². The average molecular weight is 410 g/mol. The Balaban J connectivity index is 1.71. The summed E-state index contributed by atoms with van der Waals surface area (Å²) in [6.07, 6.45) is 5.36. The third kappa shape index (κ3) is 5.75. The fraction of sp³-hybridized carbons (Fsp3) is 0.417. The lowest BCUT2D eigenvalue weighted by molar-refractivity contribution is -0.140. The molecule has 0 spiro atoms. The van der Waals surface area contributed by atoms with Crippen LogP contribution >= 0.6 is 0 Å². The number of esters is 1. The molecule has 3 aromatic rings. The molecule has 6 nitrogen and oxygen atoms in total. The standard InChI is InChI=1S/C24H31N3O3/c1-3-4-16-25-24-26-21-15-14-20(30-17-10-6-9-13-23(28)29-2)18-22(21)27(24)19-11-7-5-8-12-19/h5,7-8,11-12,14-15,18H,3-4,6,9-10,13,16-17H2,1-2H3,(H,25,26). The number of hydrogen-bond acceptors (Lipinski definition) is 5. The number of hydrogen-bond donors (Lipinski definition) is 1. The minimum absolute atomic E-state index is 0.154. The summed E-state index contributed by atoms with van der Waals surface area (Å²) in [5.74, 6) is 1.52. The highest BCUT2D eigenvalue weighted by atomic mass is 16.5. The van der Waals surface area contributed by atoms with Crippen molar-refractivity contribution in [1.29, 1.82) is 0 Å². The van der Waals surface area contributed by atoms with Gasteiger partial charge in [0.1, 0.15) is 5.75 Å². The number of anilines is 1. The SMILES string of the molecule is CCCCNc1nc2ccc(OCCCCCC(=O)OC)cc2n1-c1ccccc1. The van der Waals surface area contributed by atoms with Crippen molar-refractivity contribution in [3.8, 4) is 11.4 Å². The van der Waals surface area contributed by atoms with Crippen LogP contribution in [0.15, 0.2) is 48.5 Å². The molecule has 3 rings (SSSR count). The van der Waals surface area contributed by atoms with Gasteiger partial charge in [0.05, 0.1) is 24.8 Å². The summed E-state index contributed by atoms with van der Waals surface area (Å²) < 4.78 is 12.8. The molecule has 30 heavy (non-hydrogen) atoms. The van der Waals surface area contributed by atoms with Gasteiger partial charge in [-0.2, -0.15) is 0 Å². The summed E-state index contributed by atoms with van der Waals surface area (Å²) in [5.41, 5.74) is 3.02. The number of nitrogens with zero attached hydrogens (tertiary/aromatic N) is 2. The van der Waals surface area contributed by atoms with E-state index in [1.165, 1.54) is 7.11 Å². The number of imidazole rings is 1. The molecule has 0 unspecified atom stereocenters. The maximum absolute atomic E-state index is 11.2. The summed E-state index contributed by atoms with van der Waals surface area (Å²) in [6.45, 7) is 3.69. The van der Waals surface area contributed by atoms with Gasteiger partial charge < -0.3 is 14.8 Å². The zero-order valence-corrected chi connectivity index (χ0v) is 17.9. The number of para-hydroxylation sites is 1. The van der Waals surface area contributed by atoms with Gasteiger partial charge in [-0.1, -0.05) is 31.5 Å². The van der Waals surface area contributed by atoms with Crippen molar-refractivity contribution in [2.75, 3.05) is 25.6 Å². The van der Waals surface area contributed by atoms with E-state index < -0.39 is 0 Å². The van der Waals surface area contributed by atoms with Gasteiger partial charge in [0.2, 0.25) is 5.95 Å². The van der Waals surface area contributed by atoms with Gasteiger partial charge in [0.15, 0.2) is 0 Å². The van der Waals surface area contributed by atoms with Crippen molar-refractivity contribution >= 4 is 23.0 Å². The number of methoxy groups -OCH3 is 1. The highest BCUT2D eigenvalue weighted by Crippen LogP contribution is 2.28. The van der Waals surface area contributed by atoms with Crippen molar-refractivity contribution in [2.45, 2.75) is 45.4 Å². The van der Waals surface area contributed by atoms with E-state index in [2.05, 4.69) is 39.7 Å². The Hall–Kier alpha value is -3.02. The summed E-state index contributed by atoms with van der Waals surface area (Å²) in [5, 5.41) is 3.48. The maximum Gasteiger partial charge on any atom is 0.305 e. The molecular formula is C24H31N3O3. The first-order chi connectivity index (χ1) is 14.7. The molecule has 0 radical (unpaired) electrons. The van der Waals surface area contributed by atoms with Crippen molar-refractivity contribution in [3.05, 3.63) is 48.5 Å². The van der Waals surface area contributed by atoms with Gasteiger partial charge in [0, 0.05) is 24.7 Å². The number of carbonyl (C=O) groups excluding carboxylic acids is 1. The Morgan fingerprint density at radius 2 is 1.90 bits per heavy atom. The predicted octanol–water partition coefficient (Wildman–Crippen LogP) is 5.35. The summed E-state index contributed by atoms with van der Waals surface area (Å²) >= 11 is 0.